The maximum atomic E-state index is 10.7. The molecule has 1 aromatic heterocycles. The fraction of sp³-hybridized carbons (Fsp3) is 0.333. The first-order valence-corrected chi connectivity index (χ1v) is 7.30. The highest BCUT2D eigenvalue weighted by molar-refractivity contribution is 6.31. The second-order valence-corrected chi connectivity index (χ2v) is 5.79. The van der Waals surface area contributed by atoms with Crippen LogP contribution in [-0.4, -0.2) is 15.5 Å². The standard InChI is InChI=1S/C15H16ClN3O2/c16-15-7-14(19(20)21)4-1-12(15)10-18-6-5-11(9-18)8-17-13-2-3-13/h1,4-7,9,13,17H,2-3,8,10H2. The molecule has 0 radical (unpaired) electrons. The molecule has 1 aliphatic rings. The summed E-state index contributed by atoms with van der Waals surface area (Å²) in [5.74, 6) is 0. The molecule has 21 heavy (non-hydrogen) atoms. The Bertz CT molecular complexity index is 665. The second-order valence-electron chi connectivity index (χ2n) is 5.38. The monoisotopic (exact) mass is 305 g/mol. The summed E-state index contributed by atoms with van der Waals surface area (Å²) in [5.41, 5.74) is 2.13. The SMILES string of the molecule is O=[N+]([O-])c1ccc(Cn2ccc(CNC3CC3)c2)c(Cl)c1. The molecular weight excluding hydrogens is 290 g/mol. The zero-order chi connectivity index (χ0) is 14.8. The third-order valence-corrected chi connectivity index (χ3v) is 3.94. The molecule has 1 heterocycles. The summed E-state index contributed by atoms with van der Waals surface area (Å²) in [6, 6.07) is 7.37. The molecule has 0 spiro atoms. The Morgan fingerprint density at radius 3 is 2.86 bits per heavy atom. The average Bonchev–Trinajstić information content (AvgIpc) is 3.18. The van der Waals surface area contributed by atoms with Gasteiger partial charge in [0, 0.05) is 43.7 Å². The molecule has 0 unspecified atom stereocenters. The van der Waals surface area contributed by atoms with Crippen molar-refractivity contribution in [3.05, 3.63) is 62.9 Å². The minimum atomic E-state index is -0.438. The number of rotatable bonds is 6. The lowest BCUT2D eigenvalue weighted by atomic mass is 10.2. The van der Waals surface area contributed by atoms with E-state index in [0.717, 1.165) is 12.1 Å². The molecular formula is C15H16ClN3O2. The maximum absolute atomic E-state index is 10.7. The highest BCUT2D eigenvalue weighted by Gasteiger charge is 2.20. The third kappa shape index (κ3) is 3.62. The van der Waals surface area contributed by atoms with E-state index in [9.17, 15) is 10.1 Å². The largest absolute Gasteiger partial charge is 0.350 e. The van der Waals surface area contributed by atoms with Gasteiger partial charge in [-0.25, -0.2) is 0 Å². The molecule has 1 fully saturated rings. The predicted molar refractivity (Wildman–Crippen MR) is 81.5 cm³/mol. The number of nitrogens with one attached hydrogen (secondary N) is 1. The van der Waals surface area contributed by atoms with Crippen LogP contribution in [0.3, 0.4) is 0 Å². The van der Waals surface area contributed by atoms with Gasteiger partial charge in [0.05, 0.1) is 9.95 Å². The van der Waals surface area contributed by atoms with Crippen LogP contribution in [0.4, 0.5) is 5.69 Å². The minimum Gasteiger partial charge on any atom is -0.350 e. The van der Waals surface area contributed by atoms with Gasteiger partial charge in [-0.1, -0.05) is 11.6 Å². The van der Waals surface area contributed by atoms with Gasteiger partial charge in [-0.3, -0.25) is 10.1 Å². The van der Waals surface area contributed by atoms with Crippen molar-refractivity contribution >= 4 is 17.3 Å². The van der Waals surface area contributed by atoms with Gasteiger partial charge < -0.3 is 9.88 Å². The molecule has 1 aromatic carbocycles. The van der Waals surface area contributed by atoms with Crippen LogP contribution >= 0.6 is 11.6 Å². The summed E-state index contributed by atoms with van der Waals surface area (Å²) in [6.45, 7) is 1.49. The second kappa shape index (κ2) is 5.87. The van der Waals surface area contributed by atoms with Crippen LogP contribution in [0.25, 0.3) is 0 Å². The van der Waals surface area contributed by atoms with Gasteiger partial charge in [-0.2, -0.15) is 0 Å². The number of hydrogen-bond donors (Lipinski definition) is 1. The fourth-order valence-corrected chi connectivity index (χ4v) is 2.45. The molecule has 2 aromatic rings. The van der Waals surface area contributed by atoms with Crippen molar-refractivity contribution in [3.63, 3.8) is 0 Å². The van der Waals surface area contributed by atoms with Gasteiger partial charge in [-0.15, -0.1) is 0 Å². The number of hydrogen-bond acceptors (Lipinski definition) is 3. The van der Waals surface area contributed by atoms with Gasteiger partial charge in [0.1, 0.15) is 0 Å². The van der Waals surface area contributed by atoms with Crippen LogP contribution in [0, 0.1) is 10.1 Å². The Kier molecular flexibility index (Phi) is 3.94. The Morgan fingerprint density at radius 1 is 1.38 bits per heavy atom. The highest BCUT2D eigenvalue weighted by atomic mass is 35.5. The molecule has 0 saturated heterocycles. The van der Waals surface area contributed by atoms with Crippen molar-refractivity contribution in [3.8, 4) is 0 Å². The van der Waals surface area contributed by atoms with Gasteiger partial charge >= 0.3 is 0 Å². The normalized spacial score (nSPS) is 14.3. The maximum Gasteiger partial charge on any atom is 0.270 e. The van der Waals surface area contributed by atoms with Gasteiger partial charge in [0.2, 0.25) is 0 Å². The molecule has 0 amide bonds. The van der Waals surface area contributed by atoms with Crippen LogP contribution in [0.15, 0.2) is 36.7 Å². The summed E-state index contributed by atoms with van der Waals surface area (Å²) in [6.07, 6.45) is 6.63. The van der Waals surface area contributed by atoms with Crippen molar-refractivity contribution in [2.45, 2.75) is 32.0 Å². The van der Waals surface area contributed by atoms with Crippen molar-refractivity contribution in [1.82, 2.24) is 9.88 Å². The molecule has 110 valence electrons. The van der Waals surface area contributed by atoms with E-state index >= 15 is 0 Å². The predicted octanol–water partition coefficient (Wildman–Crippen LogP) is 3.35. The topological polar surface area (TPSA) is 60.1 Å². The first kappa shape index (κ1) is 14.1. The van der Waals surface area contributed by atoms with E-state index in [1.807, 2.05) is 10.8 Å². The molecule has 5 nitrogen and oxygen atoms in total. The molecule has 0 aliphatic heterocycles. The van der Waals surface area contributed by atoms with E-state index in [0.29, 0.717) is 17.6 Å². The van der Waals surface area contributed by atoms with Gasteiger partial charge in [-0.05, 0) is 36.1 Å². The summed E-state index contributed by atoms with van der Waals surface area (Å²) in [5, 5.41) is 14.6. The highest BCUT2D eigenvalue weighted by Crippen LogP contribution is 2.23. The van der Waals surface area contributed by atoms with Gasteiger partial charge in [0.25, 0.3) is 5.69 Å². The number of nitrogens with zero attached hydrogens (tertiary/aromatic N) is 2. The smallest absolute Gasteiger partial charge is 0.270 e. The first-order chi connectivity index (χ1) is 10.1. The first-order valence-electron chi connectivity index (χ1n) is 6.92. The Balaban J connectivity index is 1.66. The molecule has 1 aliphatic carbocycles. The number of nitro groups is 1. The van der Waals surface area contributed by atoms with E-state index in [1.165, 1.54) is 30.5 Å². The molecule has 1 saturated carbocycles. The van der Waals surface area contributed by atoms with Gasteiger partial charge in [0.15, 0.2) is 0 Å². The van der Waals surface area contributed by atoms with E-state index in [4.69, 9.17) is 11.6 Å². The van der Waals surface area contributed by atoms with Crippen molar-refractivity contribution in [2.24, 2.45) is 0 Å². The van der Waals surface area contributed by atoms with E-state index in [-0.39, 0.29) is 5.69 Å². The molecule has 0 atom stereocenters. The zero-order valence-electron chi connectivity index (χ0n) is 11.5. The Labute approximate surface area is 127 Å². The third-order valence-electron chi connectivity index (χ3n) is 3.58. The average molecular weight is 306 g/mol. The fourth-order valence-electron chi connectivity index (χ4n) is 2.22. The van der Waals surface area contributed by atoms with Crippen LogP contribution in [-0.2, 0) is 13.1 Å². The zero-order valence-corrected chi connectivity index (χ0v) is 12.2. The van der Waals surface area contributed by atoms with Crippen molar-refractivity contribution < 1.29 is 4.92 Å². The number of non-ortho nitro benzene ring substituents is 1. The molecule has 1 N–H and O–H groups in total. The summed E-state index contributed by atoms with van der Waals surface area (Å²) in [4.78, 5) is 10.3. The molecule has 3 rings (SSSR count). The lowest BCUT2D eigenvalue weighted by molar-refractivity contribution is -0.384. The summed E-state index contributed by atoms with van der Waals surface area (Å²) in [7, 11) is 0. The number of benzene rings is 1. The quantitative estimate of drug-likeness (QED) is 0.657. The van der Waals surface area contributed by atoms with Crippen molar-refractivity contribution in [1.29, 1.82) is 0 Å². The van der Waals surface area contributed by atoms with E-state index in [2.05, 4.69) is 17.6 Å². The molecule has 0 bridgehead atoms. The summed E-state index contributed by atoms with van der Waals surface area (Å²) >= 11 is 6.11. The van der Waals surface area contributed by atoms with Crippen molar-refractivity contribution in [2.75, 3.05) is 0 Å². The number of halogens is 1. The Hall–Kier alpha value is -1.85. The summed E-state index contributed by atoms with van der Waals surface area (Å²) < 4.78 is 2.04. The Morgan fingerprint density at radius 2 is 2.19 bits per heavy atom. The van der Waals surface area contributed by atoms with E-state index in [1.54, 1.807) is 6.07 Å². The van der Waals surface area contributed by atoms with Crippen LogP contribution < -0.4 is 5.32 Å². The van der Waals surface area contributed by atoms with Crippen LogP contribution in [0.2, 0.25) is 5.02 Å². The minimum absolute atomic E-state index is 0.0191. The van der Waals surface area contributed by atoms with Crippen LogP contribution in [0.1, 0.15) is 24.0 Å². The molecule has 6 heteroatoms. The number of nitro benzene ring substituents is 1. The lowest BCUT2D eigenvalue weighted by Gasteiger charge is -2.06. The van der Waals surface area contributed by atoms with Crippen LogP contribution in [0.5, 0.6) is 0 Å². The van der Waals surface area contributed by atoms with E-state index < -0.39 is 4.92 Å². The lowest BCUT2D eigenvalue weighted by Crippen LogP contribution is -2.14. The number of aromatic nitrogens is 1.